The molecule has 0 saturated carbocycles. The molecule has 176 valence electrons. The number of quaternary nitrogens is 1. The van der Waals surface area contributed by atoms with Crippen molar-refractivity contribution in [2.45, 2.75) is 83.3 Å². The highest BCUT2D eigenvalue weighted by molar-refractivity contribution is 7.85. The second-order valence-corrected chi connectivity index (χ2v) is 11.0. The zero-order valence-corrected chi connectivity index (χ0v) is 20.0. The van der Waals surface area contributed by atoms with E-state index in [-0.39, 0.29) is 6.54 Å². The van der Waals surface area contributed by atoms with E-state index in [1.54, 1.807) is 0 Å². The van der Waals surface area contributed by atoms with Gasteiger partial charge in [0.2, 0.25) is 0 Å². The van der Waals surface area contributed by atoms with Gasteiger partial charge in [0.25, 0.3) is 10.1 Å². The van der Waals surface area contributed by atoms with Crippen LogP contribution in [0.15, 0.2) is 0 Å². The van der Waals surface area contributed by atoms with Gasteiger partial charge in [0, 0.05) is 13.1 Å². The van der Waals surface area contributed by atoms with Gasteiger partial charge in [-0.15, -0.1) is 0 Å². The molecule has 2 unspecified atom stereocenters. The summed E-state index contributed by atoms with van der Waals surface area (Å²) in [4.78, 5) is 1.92. The Morgan fingerprint density at radius 2 is 1.24 bits per heavy atom. The van der Waals surface area contributed by atoms with E-state index in [0.717, 1.165) is 12.8 Å². The van der Waals surface area contributed by atoms with Crippen LogP contribution in [0.25, 0.3) is 0 Å². The molecule has 3 N–H and O–H groups in total. The quantitative estimate of drug-likeness (QED) is 0.163. The first-order valence-corrected chi connectivity index (χ1v) is 12.9. The van der Waals surface area contributed by atoms with Crippen molar-refractivity contribution in [3.8, 4) is 0 Å². The standard InChI is InChI=1S/C21H46N2O5S/c1-5-6-7-8-9-10-11-12-13-14-15-22(16-20(24)18-23(2,3)4)17-21(25)19-29(26,27)28/h20-21,24-25H,5-19H2,1-4H3/p+1. The molecule has 0 saturated heterocycles. The van der Waals surface area contributed by atoms with E-state index in [1.807, 2.05) is 26.0 Å². The van der Waals surface area contributed by atoms with Gasteiger partial charge in [-0.25, -0.2) is 0 Å². The second-order valence-electron chi connectivity index (χ2n) is 9.47. The van der Waals surface area contributed by atoms with E-state index in [2.05, 4.69) is 6.92 Å². The molecule has 0 rings (SSSR count). The van der Waals surface area contributed by atoms with Gasteiger partial charge in [0.1, 0.15) is 18.4 Å². The number of aliphatic hydroxyl groups is 2. The molecular weight excluding hydrogens is 392 g/mol. The molecule has 2 atom stereocenters. The zero-order chi connectivity index (χ0) is 22.3. The third-order valence-electron chi connectivity index (χ3n) is 4.93. The van der Waals surface area contributed by atoms with Crippen LogP contribution in [0.2, 0.25) is 0 Å². The Morgan fingerprint density at radius 3 is 1.69 bits per heavy atom. The number of aliphatic hydroxyl groups excluding tert-OH is 2. The normalized spacial score (nSPS) is 15.0. The summed E-state index contributed by atoms with van der Waals surface area (Å²) in [7, 11) is 1.80. The van der Waals surface area contributed by atoms with Gasteiger partial charge in [0.15, 0.2) is 0 Å². The molecule has 8 heteroatoms. The van der Waals surface area contributed by atoms with Crippen LogP contribution in [-0.2, 0) is 10.1 Å². The lowest BCUT2D eigenvalue weighted by Crippen LogP contribution is -2.47. The highest BCUT2D eigenvalue weighted by Crippen LogP contribution is 2.11. The maximum atomic E-state index is 11.0. The van der Waals surface area contributed by atoms with Crippen LogP contribution < -0.4 is 0 Å². The monoisotopic (exact) mass is 439 g/mol. The topological polar surface area (TPSA) is 98.1 Å². The summed E-state index contributed by atoms with van der Waals surface area (Å²) < 4.78 is 31.6. The van der Waals surface area contributed by atoms with Crippen LogP contribution in [-0.4, -0.2) is 97.8 Å². The molecule has 0 heterocycles. The number of hydrogen-bond donors (Lipinski definition) is 3. The van der Waals surface area contributed by atoms with E-state index in [9.17, 15) is 18.6 Å². The Labute approximate surface area is 179 Å². The summed E-state index contributed by atoms with van der Waals surface area (Å²) in [5, 5.41) is 20.4. The first-order valence-electron chi connectivity index (χ1n) is 11.3. The molecule has 0 aliphatic carbocycles. The fraction of sp³-hybridized carbons (Fsp3) is 1.00. The van der Waals surface area contributed by atoms with Crippen molar-refractivity contribution >= 4 is 10.1 Å². The average Bonchev–Trinajstić information content (AvgIpc) is 2.52. The Balaban J connectivity index is 4.27. The molecule has 0 bridgehead atoms. The number of rotatable bonds is 19. The van der Waals surface area contributed by atoms with Crippen LogP contribution in [0.1, 0.15) is 71.1 Å². The van der Waals surface area contributed by atoms with Gasteiger partial charge in [-0.05, 0) is 13.0 Å². The smallest absolute Gasteiger partial charge is 0.267 e. The van der Waals surface area contributed by atoms with Crippen molar-refractivity contribution < 1.29 is 27.7 Å². The predicted octanol–water partition coefficient (Wildman–Crippen LogP) is 2.53. The van der Waals surface area contributed by atoms with Crippen molar-refractivity contribution in [3.05, 3.63) is 0 Å². The summed E-state index contributed by atoms with van der Waals surface area (Å²) in [5.41, 5.74) is 0. The van der Waals surface area contributed by atoms with Gasteiger partial charge in [0.05, 0.1) is 27.2 Å². The van der Waals surface area contributed by atoms with Gasteiger partial charge >= 0.3 is 0 Å². The Morgan fingerprint density at radius 1 is 0.793 bits per heavy atom. The second kappa shape index (κ2) is 15.5. The Hall–Kier alpha value is -0.250. The molecule has 0 amide bonds. The lowest BCUT2D eigenvalue weighted by molar-refractivity contribution is -0.873. The summed E-state index contributed by atoms with van der Waals surface area (Å²) in [6.07, 6.45) is 10.6. The molecule has 0 radical (unpaired) electrons. The summed E-state index contributed by atoms with van der Waals surface area (Å²) in [5.74, 6) is -0.674. The first-order chi connectivity index (χ1) is 13.4. The van der Waals surface area contributed by atoms with Crippen molar-refractivity contribution in [2.75, 3.05) is 53.1 Å². The van der Waals surface area contributed by atoms with Crippen molar-refractivity contribution in [1.82, 2.24) is 4.90 Å². The third-order valence-corrected chi connectivity index (χ3v) is 5.73. The molecule has 29 heavy (non-hydrogen) atoms. The Bertz CT molecular complexity index is 494. The largest absolute Gasteiger partial charge is 0.391 e. The highest BCUT2D eigenvalue weighted by atomic mass is 32.2. The van der Waals surface area contributed by atoms with Crippen LogP contribution in [0.3, 0.4) is 0 Å². The average molecular weight is 440 g/mol. The van der Waals surface area contributed by atoms with Crippen LogP contribution in [0, 0.1) is 0 Å². The van der Waals surface area contributed by atoms with Gasteiger partial charge in [-0.1, -0.05) is 64.7 Å². The molecule has 0 aromatic carbocycles. The van der Waals surface area contributed by atoms with E-state index < -0.39 is 28.1 Å². The number of unbranched alkanes of at least 4 members (excludes halogenated alkanes) is 9. The lowest BCUT2D eigenvalue weighted by atomic mass is 10.1. The number of nitrogens with zero attached hydrogens (tertiary/aromatic N) is 2. The highest BCUT2D eigenvalue weighted by Gasteiger charge is 2.22. The van der Waals surface area contributed by atoms with Crippen molar-refractivity contribution in [2.24, 2.45) is 0 Å². The fourth-order valence-electron chi connectivity index (χ4n) is 3.66. The predicted molar refractivity (Wildman–Crippen MR) is 120 cm³/mol. The third kappa shape index (κ3) is 20.8. The van der Waals surface area contributed by atoms with E-state index in [0.29, 0.717) is 24.1 Å². The molecular formula is C21H47N2O5S+. The minimum atomic E-state index is -4.21. The number of likely N-dealkylation sites (N-methyl/N-ethyl adjacent to an activating group) is 1. The molecule has 7 nitrogen and oxygen atoms in total. The maximum absolute atomic E-state index is 11.0. The molecule has 0 fully saturated rings. The summed E-state index contributed by atoms with van der Waals surface area (Å²) in [6.45, 7) is 4.02. The lowest BCUT2D eigenvalue weighted by Gasteiger charge is -2.31. The van der Waals surface area contributed by atoms with Crippen LogP contribution in [0.4, 0.5) is 0 Å². The van der Waals surface area contributed by atoms with Crippen molar-refractivity contribution in [1.29, 1.82) is 0 Å². The molecule has 0 aromatic heterocycles. The van der Waals surface area contributed by atoms with Gasteiger partial charge < -0.3 is 14.7 Å². The Kier molecular flexibility index (Phi) is 15.4. The summed E-state index contributed by atoms with van der Waals surface area (Å²) in [6, 6.07) is 0. The van der Waals surface area contributed by atoms with E-state index >= 15 is 0 Å². The number of hydrogen-bond acceptors (Lipinski definition) is 5. The van der Waals surface area contributed by atoms with Gasteiger partial charge in [-0.3, -0.25) is 9.45 Å². The fourth-order valence-corrected chi connectivity index (χ4v) is 4.25. The minimum absolute atomic E-state index is 0.130. The molecule has 0 aromatic rings. The van der Waals surface area contributed by atoms with E-state index in [4.69, 9.17) is 4.55 Å². The maximum Gasteiger partial charge on any atom is 0.267 e. The van der Waals surface area contributed by atoms with Crippen molar-refractivity contribution in [3.63, 3.8) is 0 Å². The van der Waals surface area contributed by atoms with Crippen LogP contribution >= 0.6 is 0 Å². The molecule has 0 spiro atoms. The SMILES string of the molecule is CCCCCCCCCCCCN(CC(O)C[N+](C)(C)C)CC(O)CS(=O)(=O)O. The zero-order valence-electron chi connectivity index (χ0n) is 19.2. The van der Waals surface area contributed by atoms with Crippen LogP contribution in [0.5, 0.6) is 0 Å². The first kappa shape index (κ1) is 28.8. The molecule has 0 aliphatic heterocycles. The van der Waals surface area contributed by atoms with Gasteiger partial charge in [-0.2, -0.15) is 8.42 Å². The minimum Gasteiger partial charge on any atom is -0.391 e. The van der Waals surface area contributed by atoms with E-state index in [1.165, 1.54) is 51.4 Å². The summed E-state index contributed by atoms with van der Waals surface area (Å²) >= 11 is 0. The molecule has 0 aliphatic rings.